The molecule has 0 saturated carbocycles. The van der Waals surface area contributed by atoms with Gasteiger partial charge in [0.1, 0.15) is 11.9 Å². The van der Waals surface area contributed by atoms with Crippen molar-refractivity contribution in [3.8, 4) is 5.75 Å². The largest absolute Gasteiger partial charge is 0.486 e. The lowest BCUT2D eigenvalue weighted by Crippen LogP contribution is -2.16. The highest BCUT2D eigenvalue weighted by Crippen LogP contribution is 2.25. The third kappa shape index (κ3) is 4.96. The van der Waals surface area contributed by atoms with Crippen LogP contribution in [0.1, 0.15) is 23.7 Å². The molecule has 21 heavy (non-hydrogen) atoms. The Hall–Kier alpha value is -1.71. The van der Waals surface area contributed by atoms with Gasteiger partial charge in [-0.25, -0.2) is 0 Å². The quantitative estimate of drug-likeness (QED) is 0.743. The van der Waals surface area contributed by atoms with Gasteiger partial charge < -0.3 is 10.1 Å². The minimum Gasteiger partial charge on any atom is -0.486 e. The molecule has 0 fully saturated rings. The molecule has 2 aromatic rings. The van der Waals surface area contributed by atoms with Gasteiger partial charge in [-0.3, -0.25) is 0 Å². The van der Waals surface area contributed by atoms with Crippen LogP contribution >= 0.6 is 12.6 Å². The first-order valence-electron chi connectivity index (χ1n) is 7.10. The summed E-state index contributed by atoms with van der Waals surface area (Å²) >= 11 is 4.11. The standard InChI is InChI=1S/C18H21NOS/c1-19-12-10-18(16-7-3-2-4-8-16)20-17-9-5-6-15(14-17)11-13-21/h2-9,11,13-14,18-19,21H,10,12H2,1H3/b13-11-. The minimum absolute atomic E-state index is 0.0499. The summed E-state index contributed by atoms with van der Waals surface area (Å²) in [5.41, 5.74) is 2.28. The zero-order valence-electron chi connectivity index (χ0n) is 12.2. The molecule has 1 N–H and O–H groups in total. The van der Waals surface area contributed by atoms with E-state index in [0.717, 1.165) is 24.3 Å². The highest BCUT2D eigenvalue weighted by Gasteiger charge is 2.12. The molecule has 0 bridgehead atoms. The normalized spacial score (nSPS) is 12.5. The lowest BCUT2D eigenvalue weighted by molar-refractivity contribution is 0.195. The van der Waals surface area contributed by atoms with E-state index in [-0.39, 0.29) is 6.10 Å². The second-order valence-electron chi connectivity index (χ2n) is 4.80. The fraction of sp³-hybridized carbons (Fsp3) is 0.222. The molecule has 0 amide bonds. The smallest absolute Gasteiger partial charge is 0.125 e. The van der Waals surface area contributed by atoms with Gasteiger partial charge >= 0.3 is 0 Å². The number of ether oxygens (including phenoxy) is 1. The number of hydrogen-bond donors (Lipinski definition) is 2. The van der Waals surface area contributed by atoms with Crippen LogP contribution in [0.3, 0.4) is 0 Å². The molecule has 2 rings (SSSR count). The molecule has 0 radical (unpaired) electrons. The maximum atomic E-state index is 6.19. The summed E-state index contributed by atoms with van der Waals surface area (Å²) in [5, 5.41) is 4.92. The van der Waals surface area contributed by atoms with E-state index in [9.17, 15) is 0 Å². The van der Waals surface area contributed by atoms with Crippen LogP contribution in [0.15, 0.2) is 60.0 Å². The highest BCUT2D eigenvalue weighted by molar-refractivity contribution is 7.83. The summed E-state index contributed by atoms with van der Waals surface area (Å²) in [5.74, 6) is 0.879. The predicted octanol–water partition coefficient (Wildman–Crippen LogP) is 4.32. The summed E-state index contributed by atoms with van der Waals surface area (Å²) < 4.78 is 6.19. The first kappa shape index (κ1) is 15.7. The van der Waals surface area contributed by atoms with Crippen LogP contribution in [0.25, 0.3) is 6.08 Å². The van der Waals surface area contributed by atoms with Crippen LogP contribution in [0.2, 0.25) is 0 Å². The molecule has 0 aliphatic heterocycles. The molecule has 0 aromatic heterocycles. The Kier molecular flexibility index (Phi) is 6.38. The molecule has 0 heterocycles. The van der Waals surface area contributed by atoms with Gasteiger partial charge in [0.05, 0.1) is 0 Å². The molecule has 0 aliphatic rings. The van der Waals surface area contributed by atoms with Gasteiger partial charge in [-0.15, -0.1) is 0 Å². The molecule has 2 aromatic carbocycles. The molecule has 2 nitrogen and oxygen atoms in total. The van der Waals surface area contributed by atoms with E-state index in [1.165, 1.54) is 5.56 Å². The number of rotatable bonds is 7. The van der Waals surface area contributed by atoms with Gasteiger partial charge in [-0.05, 0) is 48.3 Å². The lowest BCUT2D eigenvalue weighted by atomic mass is 10.1. The average molecular weight is 299 g/mol. The first-order chi connectivity index (χ1) is 10.3. The van der Waals surface area contributed by atoms with Crippen molar-refractivity contribution in [3.05, 3.63) is 71.1 Å². The van der Waals surface area contributed by atoms with Crippen molar-refractivity contribution < 1.29 is 4.74 Å². The summed E-state index contributed by atoms with van der Waals surface area (Å²) in [4.78, 5) is 0. The molecule has 1 unspecified atom stereocenters. The molecular weight excluding hydrogens is 278 g/mol. The summed E-state index contributed by atoms with van der Waals surface area (Å²) in [6.45, 7) is 0.912. The van der Waals surface area contributed by atoms with E-state index >= 15 is 0 Å². The van der Waals surface area contributed by atoms with Crippen molar-refractivity contribution in [2.45, 2.75) is 12.5 Å². The van der Waals surface area contributed by atoms with Gasteiger partial charge in [0.2, 0.25) is 0 Å². The number of thiol groups is 1. The topological polar surface area (TPSA) is 21.3 Å². The zero-order valence-corrected chi connectivity index (χ0v) is 13.1. The molecule has 3 heteroatoms. The Morgan fingerprint density at radius 1 is 1.14 bits per heavy atom. The van der Waals surface area contributed by atoms with E-state index < -0.39 is 0 Å². The van der Waals surface area contributed by atoms with E-state index in [4.69, 9.17) is 4.74 Å². The average Bonchev–Trinajstić information content (AvgIpc) is 2.53. The third-order valence-electron chi connectivity index (χ3n) is 3.23. The van der Waals surface area contributed by atoms with Crippen LogP contribution in [0.4, 0.5) is 0 Å². The third-order valence-corrected chi connectivity index (χ3v) is 3.38. The predicted molar refractivity (Wildman–Crippen MR) is 92.8 cm³/mol. The van der Waals surface area contributed by atoms with Crippen LogP contribution in [-0.4, -0.2) is 13.6 Å². The maximum absolute atomic E-state index is 6.19. The van der Waals surface area contributed by atoms with Crippen LogP contribution in [0, 0.1) is 0 Å². The number of benzene rings is 2. The fourth-order valence-electron chi connectivity index (χ4n) is 2.18. The van der Waals surface area contributed by atoms with Crippen molar-refractivity contribution in [2.24, 2.45) is 0 Å². The Bertz CT molecular complexity index is 568. The van der Waals surface area contributed by atoms with Crippen molar-refractivity contribution in [2.75, 3.05) is 13.6 Å². The Morgan fingerprint density at radius 3 is 2.67 bits per heavy atom. The maximum Gasteiger partial charge on any atom is 0.125 e. The molecule has 0 aliphatic carbocycles. The molecule has 0 saturated heterocycles. The monoisotopic (exact) mass is 299 g/mol. The summed E-state index contributed by atoms with van der Waals surface area (Å²) in [7, 11) is 1.96. The van der Waals surface area contributed by atoms with Crippen molar-refractivity contribution in [1.29, 1.82) is 0 Å². The highest BCUT2D eigenvalue weighted by atomic mass is 32.1. The van der Waals surface area contributed by atoms with Crippen molar-refractivity contribution in [3.63, 3.8) is 0 Å². The molecular formula is C18H21NOS. The second kappa shape index (κ2) is 8.55. The summed E-state index contributed by atoms with van der Waals surface area (Å²) in [6.07, 6.45) is 2.92. The minimum atomic E-state index is 0.0499. The van der Waals surface area contributed by atoms with Crippen LogP contribution in [-0.2, 0) is 0 Å². The van der Waals surface area contributed by atoms with E-state index in [2.05, 4.69) is 30.1 Å². The number of nitrogens with one attached hydrogen (secondary N) is 1. The van der Waals surface area contributed by atoms with Gasteiger partial charge in [-0.1, -0.05) is 42.5 Å². The Balaban J connectivity index is 2.16. The molecule has 110 valence electrons. The van der Waals surface area contributed by atoms with Crippen LogP contribution < -0.4 is 10.1 Å². The zero-order chi connectivity index (χ0) is 14.9. The molecule has 0 spiro atoms. The van der Waals surface area contributed by atoms with Gasteiger partial charge in [0.15, 0.2) is 0 Å². The summed E-state index contributed by atoms with van der Waals surface area (Å²) in [6, 6.07) is 18.4. The lowest BCUT2D eigenvalue weighted by Gasteiger charge is -2.20. The van der Waals surface area contributed by atoms with E-state index in [1.54, 1.807) is 5.41 Å². The second-order valence-corrected chi connectivity index (χ2v) is 5.10. The van der Waals surface area contributed by atoms with Gasteiger partial charge in [0, 0.05) is 6.42 Å². The van der Waals surface area contributed by atoms with E-state index in [1.807, 2.05) is 55.6 Å². The van der Waals surface area contributed by atoms with Crippen molar-refractivity contribution in [1.82, 2.24) is 5.32 Å². The van der Waals surface area contributed by atoms with Gasteiger partial charge in [0.25, 0.3) is 0 Å². The number of hydrogen-bond acceptors (Lipinski definition) is 3. The van der Waals surface area contributed by atoms with Gasteiger partial charge in [-0.2, -0.15) is 12.6 Å². The first-order valence-corrected chi connectivity index (χ1v) is 7.62. The van der Waals surface area contributed by atoms with Crippen molar-refractivity contribution >= 4 is 18.7 Å². The Morgan fingerprint density at radius 2 is 1.95 bits per heavy atom. The van der Waals surface area contributed by atoms with E-state index in [0.29, 0.717) is 0 Å². The fourth-order valence-corrected chi connectivity index (χ4v) is 2.35. The SMILES string of the molecule is CNCCC(Oc1cccc(/C=C\S)c1)c1ccccc1. The molecule has 1 atom stereocenters. The van der Waals surface area contributed by atoms with Crippen LogP contribution in [0.5, 0.6) is 5.75 Å². The Labute approximate surface area is 132 Å².